The summed E-state index contributed by atoms with van der Waals surface area (Å²) in [5.74, 6) is 0.966. The second-order valence-electron chi connectivity index (χ2n) is 6.25. The molecule has 23 heavy (non-hydrogen) atoms. The van der Waals surface area contributed by atoms with Gasteiger partial charge in [-0.25, -0.2) is 9.97 Å². The predicted molar refractivity (Wildman–Crippen MR) is 90.7 cm³/mol. The predicted octanol–water partition coefficient (Wildman–Crippen LogP) is 2.27. The van der Waals surface area contributed by atoms with Gasteiger partial charge in [0.25, 0.3) is 0 Å². The van der Waals surface area contributed by atoms with Crippen molar-refractivity contribution < 1.29 is 5.11 Å². The van der Waals surface area contributed by atoms with Crippen LogP contribution < -0.4 is 4.90 Å². The fourth-order valence-electron chi connectivity index (χ4n) is 3.53. The molecule has 1 aliphatic rings. The number of hydrogen-bond donors (Lipinski definition) is 2. The van der Waals surface area contributed by atoms with Gasteiger partial charge in [0.1, 0.15) is 17.8 Å². The van der Waals surface area contributed by atoms with Crippen LogP contribution in [0.3, 0.4) is 0 Å². The third-order valence-corrected chi connectivity index (χ3v) is 4.89. The van der Waals surface area contributed by atoms with Gasteiger partial charge >= 0.3 is 0 Å². The van der Waals surface area contributed by atoms with Crippen molar-refractivity contribution in [2.45, 2.75) is 18.8 Å². The zero-order chi connectivity index (χ0) is 15.9. The van der Waals surface area contributed by atoms with Crippen molar-refractivity contribution in [2.24, 2.45) is 0 Å². The number of hydrogen-bond acceptors (Lipinski definition) is 4. The average Bonchev–Trinajstić information content (AvgIpc) is 2.99. The van der Waals surface area contributed by atoms with Gasteiger partial charge in [-0.1, -0.05) is 37.3 Å². The number of aryl methyl sites for hydroxylation is 1. The molecule has 0 radical (unpaired) electrons. The maximum absolute atomic E-state index is 9.96. The lowest BCUT2D eigenvalue weighted by atomic mass is 9.74. The Balaban J connectivity index is 1.69. The van der Waals surface area contributed by atoms with Crippen molar-refractivity contribution in [1.29, 1.82) is 0 Å². The molecule has 0 atom stereocenters. The van der Waals surface area contributed by atoms with E-state index in [-0.39, 0.29) is 12.0 Å². The molecular weight excluding hydrogens is 288 g/mol. The zero-order valence-corrected chi connectivity index (χ0v) is 13.2. The maximum atomic E-state index is 9.96. The number of aliphatic hydroxyl groups is 1. The Kier molecular flexibility index (Phi) is 3.31. The summed E-state index contributed by atoms with van der Waals surface area (Å²) in [6.07, 6.45) is 4.56. The molecule has 2 N–H and O–H groups in total. The molecule has 0 unspecified atom stereocenters. The van der Waals surface area contributed by atoms with E-state index in [0.29, 0.717) is 0 Å². The van der Waals surface area contributed by atoms with E-state index in [4.69, 9.17) is 0 Å². The molecule has 2 aromatic heterocycles. The lowest BCUT2D eigenvalue weighted by Crippen LogP contribution is -2.62. The van der Waals surface area contributed by atoms with Crippen LogP contribution in [0.25, 0.3) is 11.0 Å². The Morgan fingerprint density at radius 3 is 2.70 bits per heavy atom. The SMILES string of the molecule is CCc1c[nH]c2ncnc(N3CC(CO)(c4ccccc4)C3)c12. The Bertz CT molecular complexity index is 821. The van der Waals surface area contributed by atoms with Gasteiger partial charge in [0.05, 0.1) is 17.4 Å². The number of nitrogens with zero attached hydrogens (tertiary/aromatic N) is 3. The van der Waals surface area contributed by atoms with E-state index in [1.165, 1.54) is 11.1 Å². The van der Waals surface area contributed by atoms with Gasteiger partial charge in [-0.05, 0) is 17.5 Å². The minimum atomic E-state index is -0.193. The number of aromatic nitrogens is 3. The standard InChI is InChI=1S/C18H20N4O/c1-2-13-8-19-16-15(13)17(21-12-20-16)22-9-18(10-22,11-23)14-6-4-3-5-7-14/h3-8,12,23H,2,9-11H2,1H3,(H,19,20,21). The van der Waals surface area contributed by atoms with Crippen LogP contribution in [0, 0.1) is 0 Å². The fourth-order valence-corrected chi connectivity index (χ4v) is 3.53. The molecule has 1 fully saturated rings. The van der Waals surface area contributed by atoms with Crippen LogP contribution in [0.15, 0.2) is 42.9 Å². The number of rotatable bonds is 4. The molecule has 0 bridgehead atoms. The van der Waals surface area contributed by atoms with E-state index in [2.05, 4.69) is 38.9 Å². The van der Waals surface area contributed by atoms with Gasteiger partial charge in [-0.3, -0.25) is 0 Å². The Hall–Kier alpha value is -2.40. The lowest BCUT2D eigenvalue weighted by molar-refractivity contribution is 0.162. The first-order valence-electron chi connectivity index (χ1n) is 8.00. The molecule has 1 saturated heterocycles. The zero-order valence-electron chi connectivity index (χ0n) is 13.2. The molecule has 0 amide bonds. The normalized spacial score (nSPS) is 16.5. The Labute approximate surface area is 135 Å². The van der Waals surface area contributed by atoms with Gasteiger partial charge in [0, 0.05) is 19.3 Å². The van der Waals surface area contributed by atoms with E-state index in [0.717, 1.165) is 36.4 Å². The number of aliphatic hydroxyl groups excluding tert-OH is 1. The molecule has 4 rings (SSSR count). The van der Waals surface area contributed by atoms with E-state index >= 15 is 0 Å². The molecule has 3 aromatic rings. The molecule has 0 spiro atoms. The smallest absolute Gasteiger partial charge is 0.143 e. The fraction of sp³-hybridized carbons (Fsp3) is 0.333. The minimum Gasteiger partial charge on any atom is -0.395 e. The Morgan fingerprint density at radius 1 is 1.22 bits per heavy atom. The monoisotopic (exact) mass is 308 g/mol. The highest BCUT2D eigenvalue weighted by Gasteiger charge is 2.45. The number of benzene rings is 1. The summed E-state index contributed by atoms with van der Waals surface area (Å²) in [4.78, 5) is 14.3. The molecule has 118 valence electrons. The summed E-state index contributed by atoms with van der Waals surface area (Å²) in [7, 11) is 0. The van der Waals surface area contributed by atoms with E-state index < -0.39 is 0 Å². The van der Waals surface area contributed by atoms with Gasteiger partial charge in [0.2, 0.25) is 0 Å². The van der Waals surface area contributed by atoms with Crippen LogP contribution in [0.2, 0.25) is 0 Å². The van der Waals surface area contributed by atoms with E-state index in [1.807, 2.05) is 24.4 Å². The number of aromatic amines is 1. The molecule has 1 aliphatic heterocycles. The molecule has 3 heterocycles. The van der Waals surface area contributed by atoms with Crippen LogP contribution in [-0.4, -0.2) is 39.8 Å². The average molecular weight is 308 g/mol. The maximum Gasteiger partial charge on any atom is 0.143 e. The first-order chi connectivity index (χ1) is 11.3. The lowest BCUT2D eigenvalue weighted by Gasteiger charge is -2.50. The molecule has 5 heteroatoms. The van der Waals surface area contributed by atoms with Crippen molar-refractivity contribution in [3.05, 3.63) is 54.0 Å². The van der Waals surface area contributed by atoms with E-state index in [9.17, 15) is 5.11 Å². The van der Waals surface area contributed by atoms with Crippen LogP contribution in [0.5, 0.6) is 0 Å². The number of nitrogens with one attached hydrogen (secondary N) is 1. The quantitative estimate of drug-likeness (QED) is 0.776. The minimum absolute atomic E-state index is 0.148. The highest BCUT2D eigenvalue weighted by atomic mass is 16.3. The highest BCUT2D eigenvalue weighted by molar-refractivity contribution is 5.91. The third-order valence-electron chi connectivity index (χ3n) is 4.89. The van der Waals surface area contributed by atoms with Gasteiger partial charge in [-0.2, -0.15) is 0 Å². The summed E-state index contributed by atoms with van der Waals surface area (Å²) in [6, 6.07) is 10.2. The molecular formula is C18H20N4O. The molecule has 0 aliphatic carbocycles. The first kappa shape index (κ1) is 14.2. The summed E-state index contributed by atoms with van der Waals surface area (Å²) < 4.78 is 0. The van der Waals surface area contributed by atoms with Crippen LogP contribution in [-0.2, 0) is 11.8 Å². The largest absolute Gasteiger partial charge is 0.395 e. The summed E-state index contributed by atoms with van der Waals surface area (Å²) >= 11 is 0. The van der Waals surface area contributed by atoms with Crippen molar-refractivity contribution in [3.8, 4) is 0 Å². The van der Waals surface area contributed by atoms with E-state index in [1.54, 1.807) is 6.33 Å². The summed E-state index contributed by atoms with van der Waals surface area (Å²) in [5, 5.41) is 11.1. The van der Waals surface area contributed by atoms with Crippen molar-refractivity contribution >= 4 is 16.9 Å². The molecule has 0 saturated carbocycles. The van der Waals surface area contributed by atoms with Crippen LogP contribution in [0.1, 0.15) is 18.1 Å². The number of anilines is 1. The molecule has 5 nitrogen and oxygen atoms in total. The first-order valence-corrected chi connectivity index (χ1v) is 8.00. The number of H-pyrrole nitrogens is 1. The van der Waals surface area contributed by atoms with Crippen molar-refractivity contribution in [1.82, 2.24) is 15.0 Å². The van der Waals surface area contributed by atoms with Gasteiger partial charge in [-0.15, -0.1) is 0 Å². The third kappa shape index (κ3) is 2.11. The number of fused-ring (bicyclic) bond motifs is 1. The second-order valence-corrected chi connectivity index (χ2v) is 6.25. The van der Waals surface area contributed by atoms with Crippen LogP contribution >= 0.6 is 0 Å². The summed E-state index contributed by atoms with van der Waals surface area (Å²) in [5.41, 5.74) is 3.11. The second kappa shape index (κ2) is 5.35. The summed E-state index contributed by atoms with van der Waals surface area (Å²) in [6.45, 7) is 3.83. The topological polar surface area (TPSA) is 65.0 Å². The molecule has 1 aromatic carbocycles. The van der Waals surface area contributed by atoms with Crippen LogP contribution in [0.4, 0.5) is 5.82 Å². The highest BCUT2D eigenvalue weighted by Crippen LogP contribution is 2.39. The van der Waals surface area contributed by atoms with Gasteiger partial charge in [0.15, 0.2) is 0 Å². The van der Waals surface area contributed by atoms with Crippen molar-refractivity contribution in [2.75, 3.05) is 24.6 Å². The van der Waals surface area contributed by atoms with Crippen molar-refractivity contribution in [3.63, 3.8) is 0 Å². The van der Waals surface area contributed by atoms with Gasteiger partial charge < -0.3 is 15.0 Å². The Morgan fingerprint density at radius 2 is 2.00 bits per heavy atom.